The number of unbranched alkanes of at least 4 members (excludes halogenated alkanes) is 2. The Morgan fingerprint density at radius 2 is 1.80 bits per heavy atom. The summed E-state index contributed by atoms with van der Waals surface area (Å²) in [4.78, 5) is 22.6. The number of carbonyl (C=O) groups excluding carboxylic acids is 1. The summed E-state index contributed by atoms with van der Waals surface area (Å²) in [6, 6.07) is 4.31. The Balaban J connectivity index is 2.25. The molecule has 0 bridgehead atoms. The third-order valence-corrected chi connectivity index (χ3v) is 4.59. The van der Waals surface area contributed by atoms with E-state index in [2.05, 4.69) is 5.32 Å². The Hall–Kier alpha value is -2.52. The van der Waals surface area contributed by atoms with Crippen molar-refractivity contribution in [2.24, 2.45) is 0 Å². The maximum atomic E-state index is 12.8. The van der Waals surface area contributed by atoms with Crippen molar-refractivity contribution in [1.82, 2.24) is 0 Å². The SMILES string of the molecule is CCCCCOc1c(Cl)cc(C(=O)Nc2ccc(C(F)(F)F)cc2[N+](=O)[O-])cc1Cl. The second-order valence-electron chi connectivity index (χ2n) is 6.27. The average molecular weight is 465 g/mol. The number of hydrogen-bond donors (Lipinski definition) is 1. The first kappa shape index (κ1) is 23.8. The van der Waals surface area contributed by atoms with Gasteiger partial charge in [-0.3, -0.25) is 14.9 Å². The molecule has 2 aromatic rings. The van der Waals surface area contributed by atoms with Crippen molar-refractivity contribution < 1.29 is 27.6 Å². The van der Waals surface area contributed by atoms with Crippen LogP contribution in [0.15, 0.2) is 30.3 Å². The highest BCUT2D eigenvalue weighted by atomic mass is 35.5. The molecule has 0 spiro atoms. The summed E-state index contributed by atoms with van der Waals surface area (Å²) in [6.45, 7) is 2.42. The summed E-state index contributed by atoms with van der Waals surface area (Å²) < 4.78 is 43.9. The van der Waals surface area contributed by atoms with Gasteiger partial charge in [0.15, 0.2) is 5.75 Å². The van der Waals surface area contributed by atoms with Crippen LogP contribution in [0.1, 0.15) is 42.1 Å². The Bertz CT molecular complexity index is 929. The van der Waals surface area contributed by atoms with Crippen LogP contribution in [0, 0.1) is 10.1 Å². The molecule has 0 aliphatic carbocycles. The first-order valence-electron chi connectivity index (χ1n) is 8.83. The molecule has 0 radical (unpaired) electrons. The van der Waals surface area contributed by atoms with Crippen molar-refractivity contribution in [3.63, 3.8) is 0 Å². The molecular weight excluding hydrogens is 448 g/mol. The molecule has 6 nitrogen and oxygen atoms in total. The third kappa shape index (κ3) is 5.99. The molecule has 11 heteroatoms. The smallest absolute Gasteiger partial charge is 0.416 e. The van der Waals surface area contributed by atoms with E-state index in [0.717, 1.165) is 25.3 Å². The first-order chi connectivity index (χ1) is 14.0. The zero-order valence-corrected chi connectivity index (χ0v) is 17.2. The minimum atomic E-state index is -4.76. The lowest BCUT2D eigenvalue weighted by atomic mass is 10.1. The summed E-state index contributed by atoms with van der Waals surface area (Å²) in [5.41, 5.74) is -2.54. The molecule has 30 heavy (non-hydrogen) atoms. The highest BCUT2D eigenvalue weighted by molar-refractivity contribution is 6.37. The number of hydrogen-bond acceptors (Lipinski definition) is 4. The number of carbonyl (C=O) groups is 1. The number of nitro benzene ring substituents is 1. The van der Waals surface area contributed by atoms with Crippen LogP contribution in [-0.2, 0) is 6.18 Å². The molecule has 2 aromatic carbocycles. The molecule has 0 aliphatic rings. The quantitative estimate of drug-likeness (QED) is 0.266. The van der Waals surface area contributed by atoms with E-state index < -0.39 is 33.9 Å². The van der Waals surface area contributed by atoms with Crippen LogP contribution < -0.4 is 10.1 Å². The van der Waals surface area contributed by atoms with E-state index >= 15 is 0 Å². The van der Waals surface area contributed by atoms with Gasteiger partial charge < -0.3 is 10.1 Å². The average Bonchev–Trinajstić information content (AvgIpc) is 2.65. The number of halogens is 5. The lowest BCUT2D eigenvalue weighted by Crippen LogP contribution is -2.14. The van der Waals surface area contributed by atoms with Gasteiger partial charge in [-0.1, -0.05) is 43.0 Å². The Morgan fingerprint density at radius 1 is 1.17 bits per heavy atom. The first-order valence-corrected chi connectivity index (χ1v) is 9.59. The summed E-state index contributed by atoms with van der Waals surface area (Å²) in [6.07, 6.45) is -2.01. The van der Waals surface area contributed by atoms with Gasteiger partial charge in [-0.15, -0.1) is 0 Å². The molecule has 0 aromatic heterocycles. The monoisotopic (exact) mass is 464 g/mol. The predicted molar refractivity (Wildman–Crippen MR) is 108 cm³/mol. The minimum Gasteiger partial charge on any atom is -0.490 e. The molecule has 0 aliphatic heterocycles. The van der Waals surface area contributed by atoms with E-state index in [1.165, 1.54) is 12.1 Å². The van der Waals surface area contributed by atoms with Gasteiger partial charge in [0.25, 0.3) is 11.6 Å². The summed E-state index contributed by atoms with van der Waals surface area (Å²) in [5, 5.41) is 13.5. The number of nitro groups is 1. The molecular formula is C19H17Cl2F3N2O4. The molecule has 162 valence electrons. The lowest BCUT2D eigenvalue weighted by Gasteiger charge is -2.13. The van der Waals surface area contributed by atoms with E-state index in [-0.39, 0.29) is 21.4 Å². The number of benzene rings is 2. The van der Waals surface area contributed by atoms with Crippen molar-refractivity contribution in [3.05, 3.63) is 61.6 Å². The number of rotatable bonds is 8. The largest absolute Gasteiger partial charge is 0.490 e. The summed E-state index contributed by atoms with van der Waals surface area (Å²) in [5.74, 6) is -0.634. The van der Waals surface area contributed by atoms with Gasteiger partial charge >= 0.3 is 6.18 Å². The molecule has 0 fully saturated rings. The zero-order valence-electron chi connectivity index (χ0n) is 15.7. The number of amides is 1. The van der Waals surface area contributed by atoms with Crippen molar-refractivity contribution in [2.45, 2.75) is 32.4 Å². The van der Waals surface area contributed by atoms with Gasteiger partial charge in [0, 0.05) is 11.6 Å². The van der Waals surface area contributed by atoms with Crippen molar-refractivity contribution in [3.8, 4) is 5.75 Å². The maximum Gasteiger partial charge on any atom is 0.416 e. The maximum absolute atomic E-state index is 12.8. The second kappa shape index (κ2) is 9.99. The molecule has 1 amide bonds. The van der Waals surface area contributed by atoms with Gasteiger partial charge in [-0.2, -0.15) is 13.2 Å². The van der Waals surface area contributed by atoms with Crippen molar-refractivity contribution in [1.29, 1.82) is 0 Å². The van der Waals surface area contributed by atoms with E-state index in [9.17, 15) is 28.1 Å². The Kier molecular flexibility index (Phi) is 7.91. The molecule has 0 heterocycles. The topological polar surface area (TPSA) is 81.5 Å². The van der Waals surface area contributed by atoms with Gasteiger partial charge in [0.05, 0.1) is 27.1 Å². The van der Waals surface area contributed by atoms with Crippen molar-refractivity contribution in [2.75, 3.05) is 11.9 Å². The molecule has 2 rings (SSSR count). The molecule has 1 N–H and O–H groups in total. The molecule has 0 atom stereocenters. The molecule has 0 unspecified atom stereocenters. The summed E-state index contributed by atoms with van der Waals surface area (Å²) >= 11 is 12.2. The van der Waals surface area contributed by atoms with Crippen molar-refractivity contribution >= 4 is 40.5 Å². The van der Waals surface area contributed by atoms with E-state index in [1.807, 2.05) is 6.92 Å². The van der Waals surface area contributed by atoms with Gasteiger partial charge in [0.1, 0.15) is 5.69 Å². The molecule has 0 saturated carbocycles. The fourth-order valence-corrected chi connectivity index (χ4v) is 3.11. The number of nitrogens with zero attached hydrogens (tertiary/aromatic N) is 1. The van der Waals surface area contributed by atoms with E-state index in [0.29, 0.717) is 18.7 Å². The minimum absolute atomic E-state index is 0.0416. The zero-order chi connectivity index (χ0) is 22.5. The number of anilines is 1. The molecule has 0 saturated heterocycles. The lowest BCUT2D eigenvalue weighted by molar-refractivity contribution is -0.384. The van der Waals surface area contributed by atoms with Gasteiger partial charge in [-0.25, -0.2) is 0 Å². The fraction of sp³-hybridized carbons (Fsp3) is 0.316. The normalized spacial score (nSPS) is 11.3. The van der Waals surface area contributed by atoms with Gasteiger partial charge in [0.2, 0.25) is 0 Å². The van der Waals surface area contributed by atoms with Crippen LogP contribution in [0.4, 0.5) is 24.5 Å². The van der Waals surface area contributed by atoms with Crippen LogP contribution in [0.2, 0.25) is 10.0 Å². The number of alkyl halides is 3. The van der Waals surface area contributed by atoms with Crippen LogP contribution >= 0.6 is 23.2 Å². The summed E-state index contributed by atoms with van der Waals surface area (Å²) in [7, 11) is 0. The fourth-order valence-electron chi connectivity index (χ4n) is 2.51. The van der Waals surface area contributed by atoms with Crippen LogP contribution in [0.5, 0.6) is 5.75 Å². The van der Waals surface area contributed by atoms with E-state index in [4.69, 9.17) is 27.9 Å². The predicted octanol–water partition coefficient (Wildman–Crippen LogP) is 6.74. The van der Waals surface area contributed by atoms with Crippen LogP contribution in [0.25, 0.3) is 0 Å². The second-order valence-corrected chi connectivity index (χ2v) is 7.08. The van der Waals surface area contributed by atoms with Crippen LogP contribution in [0.3, 0.4) is 0 Å². The van der Waals surface area contributed by atoms with Gasteiger partial charge in [-0.05, 0) is 30.7 Å². The highest BCUT2D eigenvalue weighted by Crippen LogP contribution is 2.37. The van der Waals surface area contributed by atoms with Crippen LogP contribution in [-0.4, -0.2) is 17.4 Å². The Labute approximate surface area is 180 Å². The highest BCUT2D eigenvalue weighted by Gasteiger charge is 2.33. The Morgan fingerprint density at radius 3 is 2.33 bits per heavy atom. The standard InChI is InChI=1S/C19H17Cl2F3N2O4/c1-2-3-4-7-30-17-13(20)8-11(9-14(17)21)18(27)25-15-6-5-12(19(22,23)24)10-16(15)26(28)29/h5-6,8-10H,2-4,7H2,1H3,(H,25,27). The van der Waals surface area contributed by atoms with E-state index in [1.54, 1.807) is 0 Å². The number of nitrogens with one attached hydrogen (secondary N) is 1. The number of ether oxygens (including phenoxy) is 1. The third-order valence-electron chi connectivity index (χ3n) is 4.02.